The van der Waals surface area contributed by atoms with E-state index in [4.69, 9.17) is 11.5 Å². The monoisotopic (exact) mass is 269 g/mol. The molecular weight excluding hydrogens is 258 g/mol. The Hall–Kier alpha value is -1.96. The summed E-state index contributed by atoms with van der Waals surface area (Å²) in [7, 11) is 1.20. The van der Waals surface area contributed by atoms with Gasteiger partial charge in [-0.2, -0.15) is 0 Å². The van der Waals surface area contributed by atoms with E-state index in [1.165, 1.54) is 18.9 Å². The lowest BCUT2D eigenvalue weighted by Gasteiger charge is -2.26. The average molecular weight is 269 g/mol. The lowest BCUT2D eigenvalue weighted by molar-refractivity contribution is -0.136. The first-order chi connectivity index (χ1) is 8.47. The smallest absolute Gasteiger partial charge is 0.337 e. The third-order valence-corrected chi connectivity index (χ3v) is 3.77. The number of fused-ring (bicyclic) bond motifs is 1. The van der Waals surface area contributed by atoms with Crippen molar-refractivity contribution in [2.24, 2.45) is 11.5 Å². The second-order valence-electron chi connectivity index (χ2n) is 3.70. The van der Waals surface area contributed by atoms with E-state index in [9.17, 15) is 14.4 Å². The molecule has 96 valence electrons. The van der Waals surface area contributed by atoms with E-state index in [1.807, 2.05) is 0 Å². The van der Waals surface area contributed by atoms with E-state index in [0.29, 0.717) is 5.03 Å². The van der Waals surface area contributed by atoms with Crippen LogP contribution in [0.25, 0.3) is 0 Å². The second kappa shape index (κ2) is 4.37. The first kappa shape index (κ1) is 12.5. The van der Waals surface area contributed by atoms with Gasteiger partial charge in [-0.3, -0.25) is 14.5 Å². The van der Waals surface area contributed by atoms with E-state index < -0.39 is 11.9 Å². The van der Waals surface area contributed by atoms with Gasteiger partial charge in [0.1, 0.15) is 5.82 Å². The summed E-state index contributed by atoms with van der Waals surface area (Å²) in [6.45, 7) is 0. The SMILES string of the molecule is COC(=O)C1=C(N)N2C(=O)CSC2=C(C(N)=O)C1. The van der Waals surface area contributed by atoms with Gasteiger partial charge in [0.2, 0.25) is 11.8 Å². The van der Waals surface area contributed by atoms with Gasteiger partial charge < -0.3 is 16.2 Å². The lowest BCUT2D eigenvalue weighted by Crippen LogP contribution is -2.36. The van der Waals surface area contributed by atoms with Gasteiger partial charge in [-0.25, -0.2) is 4.79 Å². The van der Waals surface area contributed by atoms with E-state index >= 15 is 0 Å². The molecule has 0 bridgehead atoms. The summed E-state index contributed by atoms with van der Waals surface area (Å²) in [5, 5.41) is 0.414. The predicted octanol–water partition coefficient (Wildman–Crippen LogP) is -0.994. The number of methoxy groups -OCH3 is 1. The zero-order valence-corrected chi connectivity index (χ0v) is 10.4. The number of amides is 2. The Bertz CT molecular complexity index is 523. The Labute approximate surface area is 107 Å². The largest absolute Gasteiger partial charge is 0.466 e. The van der Waals surface area contributed by atoms with Crippen molar-refractivity contribution >= 4 is 29.5 Å². The molecular formula is C10H11N3O4S. The predicted molar refractivity (Wildman–Crippen MR) is 63.4 cm³/mol. The van der Waals surface area contributed by atoms with Gasteiger partial charge in [0, 0.05) is 6.42 Å². The molecule has 1 fully saturated rings. The lowest BCUT2D eigenvalue weighted by atomic mass is 10.0. The van der Waals surface area contributed by atoms with Crippen molar-refractivity contribution in [2.45, 2.75) is 6.42 Å². The van der Waals surface area contributed by atoms with Crippen LogP contribution in [0.15, 0.2) is 22.0 Å². The zero-order valence-electron chi connectivity index (χ0n) is 9.56. The van der Waals surface area contributed by atoms with E-state index in [2.05, 4.69) is 4.74 Å². The number of ether oxygens (including phenoxy) is 1. The standard InChI is InChI=1S/C10H11N3O4S/c1-17-10(16)4-2-5(8(12)15)9-13(7(4)11)6(14)3-18-9/h2-3,11H2,1H3,(H2,12,15). The summed E-state index contributed by atoms with van der Waals surface area (Å²) in [5.74, 6) is -1.45. The number of nitrogens with two attached hydrogens (primary N) is 2. The third kappa shape index (κ3) is 1.74. The number of carbonyl (C=O) groups excluding carboxylic acids is 3. The first-order valence-corrected chi connectivity index (χ1v) is 6.01. The summed E-state index contributed by atoms with van der Waals surface area (Å²) in [6.07, 6.45) is -0.0139. The highest BCUT2D eigenvalue weighted by molar-refractivity contribution is 8.04. The summed E-state index contributed by atoms with van der Waals surface area (Å²) in [5.41, 5.74) is 11.3. The van der Waals surface area contributed by atoms with Gasteiger partial charge in [-0.05, 0) is 0 Å². The van der Waals surface area contributed by atoms with Crippen LogP contribution < -0.4 is 11.5 Å². The highest BCUT2D eigenvalue weighted by Gasteiger charge is 2.39. The molecule has 0 spiro atoms. The molecule has 2 aliphatic rings. The van der Waals surface area contributed by atoms with Crippen LogP contribution in [0, 0.1) is 0 Å². The Morgan fingerprint density at radius 2 is 2.06 bits per heavy atom. The first-order valence-electron chi connectivity index (χ1n) is 5.03. The Morgan fingerprint density at radius 3 is 2.61 bits per heavy atom. The van der Waals surface area contributed by atoms with Crippen molar-refractivity contribution in [1.82, 2.24) is 4.90 Å². The van der Waals surface area contributed by atoms with Gasteiger partial charge in [0.25, 0.3) is 0 Å². The minimum absolute atomic E-state index is 0.0110. The Kier molecular flexibility index (Phi) is 3.04. The molecule has 0 radical (unpaired) electrons. The molecule has 2 aliphatic heterocycles. The van der Waals surface area contributed by atoms with Gasteiger partial charge in [0.05, 0.1) is 29.0 Å². The molecule has 1 saturated heterocycles. The summed E-state index contributed by atoms with van der Waals surface area (Å²) < 4.78 is 4.58. The van der Waals surface area contributed by atoms with Crippen LogP contribution in [0.3, 0.4) is 0 Å². The molecule has 0 aromatic heterocycles. The fraction of sp³-hybridized carbons (Fsp3) is 0.300. The number of rotatable bonds is 2. The van der Waals surface area contributed by atoms with Crippen molar-refractivity contribution in [1.29, 1.82) is 0 Å². The second-order valence-corrected chi connectivity index (χ2v) is 4.66. The molecule has 0 saturated carbocycles. The number of primary amides is 1. The fourth-order valence-electron chi connectivity index (χ4n) is 1.81. The van der Waals surface area contributed by atoms with Crippen molar-refractivity contribution in [2.75, 3.05) is 12.9 Å². The average Bonchev–Trinajstić information content (AvgIpc) is 2.71. The van der Waals surface area contributed by atoms with Crippen molar-refractivity contribution < 1.29 is 19.1 Å². The number of thioether (sulfide) groups is 1. The van der Waals surface area contributed by atoms with E-state index in [1.54, 1.807) is 0 Å². The maximum atomic E-state index is 11.7. The quantitative estimate of drug-likeness (QED) is 0.621. The zero-order chi connectivity index (χ0) is 13.4. The maximum Gasteiger partial charge on any atom is 0.337 e. The molecule has 7 nitrogen and oxygen atoms in total. The molecule has 0 unspecified atom stereocenters. The molecule has 2 rings (SSSR count). The Morgan fingerprint density at radius 1 is 1.39 bits per heavy atom. The van der Waals surface area contributed by atoms with Crippen molar-refractivity contribution in [3.8, 4) is 0 Å². The van der Waals surface area contributed by atoms with Crippen LogP contribution in [-0.2, 0) is 19.1 Å². The summed E-state index contributed by atoms with van der Waals surface area (Å²) in [6, 6.07) is 0. The number of hydrogen-bond acceptors (Lipinski definition) is 6. The van der Waals surface area contributed by atoms with Crippen LogP contribution >= 0.6 is 11.8 Å². The highest BCUT2D eigenvalue weighted by atomic mass is 32.2. The number of nitrogens with zero attached hydrogens (tertiary/aromatic N) is 1. The van der Waals surface area contributed by atoms with Gasteiger partial charge in [-0.15, -0.1) is 0 Å². The minimum atomic E-state index is -0.675. The van der Waals surface area contributed by atoms with Crippen LogP contribution in [0.2, 0.25) is 0 Å². The molecule has 18 heavy (non-hydrogen) atoms. The number of esters is 1. The van der Waals surface area contributed by atoms with Crippen LogP contribution in [-0.4, -0.2) is 35.5 Å². The van der Waals surface area contributed by atoms with Crippen LogP contribution in [0.1, 0.15) is 6.42 Å². The van der Waals surface area contributed by atoms with Gasteiger partial charge in [-0.1, -0.05) is 11.8 Å². The van der Waals surface area contributed by atoms with Gasteiger partial charge >= 0.3 is 5.97 Å². The number of carbonyl (C=O) groups is 3. The molecule has 0 aromatic carbocycles. The molecule has 0 aliphatic carbocycles. The molecule has 4 N–H and O–H groups in total. The summed E-state index contributed by atoms with van der Waals surface area (Å²) in [4.78, 5) is 35.8. The minimum Gasteiger partial charge on any atom is -0.466 e. The topological polar surface area (TPSA) is 116 Å². The van der Waals surface area contributed by atoms with Crippen LogP contribution in [0.5, 0.6) is 0 Å². The normalized spacial score (nSPS) is 19.2. The number of hydrogen-bond donors (Lipinski definition) is 2. The molecule has 2 amide bonds. The molecule has 0 aromatic rings. The fourth-order valence-corrected chi connectivity index (χ4v) is 2.87. The van der Waals surface area contributed by atoms with E-state index in [-0.39, 0.29) is 35.0 Å². The maximum absolute atomic E-state index is 11.7. The summed E-state index contributed by atoms with van der Waals surface area (Å²) >= 11 is 1.18. The van der Waals surface area contributed by atoms with E-state index in [0.717, 1.165) is 4.90 Å². The van der Waals surface area contributed by atoms with Crippen molar-refractivity contribution in [3.05, 3.63) is 22.0 Å². The third-order valence-electron chi connectivity index (χ3n) is 2.68. The van der Waals surface area contributed by atoms with Crippen molar-refractivity contribution in [3.63, 3.8) is 0 Å². The molecule has 0 atom stereocenters. The molecule has 8 heteroatoms. The Balaban J connectivity index is 2.52. The molecule has 2 heterocycles. The van der Waals surface area contributed by atoms with Gasteiger partial charge in [0.15, 0.2) is 0 Å². The van der Waals surface area contributed by atoms with Crippen LogP contribution in [0.4, 0.5) is 0 Å². The highest BCUT2D eigenvalue weighted by Crippen LogP contribution is 2.40.